The predicted molar refractivity (Wildman–Crippen MR) is 45.0 cm³/mol. The second-order valence-corrected chi connectivity index (χ2v) is 2.82. The summed E-state index contributed by atoms with van der Waals surface area (Å²) in [7, 11) is 0. The Bertz CT molecular complexity index is 393. The number of fused-ring (bicyclic) bond motifs is 1. The summed E-state index contributed by atoms with van der Waals surface area (Å²) in [5.41, 5.74) is 1.80. The molecule has 0 atom stereocenters. The van der Waals surface area contributed by atoms with Gasteiger partial charge in [0.25, 0.3) is 0 Å². The van der Waals surface area contributed by atoms with Crippen molar-refractivity contribution in [1.29, 1.82) is 0 Å². The first-order valence-electron chi connectivity index (χ1n) is 3.28. The van der Waals surface area contributed by atoms with Crippen LogP contribution in [0.15, 0.2) is 23.4 Å². The van der Waals surface area contributed by atoms with E-state index in [0.29, 0.717) is 0 Å². The third kappa shape index (κ3) is 0.991. The van der Waals surface area contributed by atoms with E-state index in [4.69, 9.17) is 0 Å². The first-order chi connectivity index (χ1) is 5.27. The molecule has 2 heterocycles. The van der Waals surface area contributed by atoms with E-state index in [1.54, 1.807) is 10.7 Å². The van der Waals surface area contributed by atoms with Crippen molar-refractivity contribution in [2.75, 3.05) is 0 Å². The Morgan fingerprint density at radius 2 is 2.27 bits per heavy atom. The largest absolute Gasteiger partial charge is 0.234 e. The smallest absolute Gasteiger partial charge is 0.154 e. The lowest BCUT2D eigenvalue weighted by molar-refractivity contribution is 0.833. The van der Waals surface area contributed by atoms with Crippen LogP contribution in [-0.2, 0) is 0 Å². The monoisotopic (exact) mass is 165 g/mol. The van der Waals surface area contributed by atoms with Crippen LogP contribution in [-0.4, -0.2) is 14.6 Å². The molecular formula is C7H7N3S. The molecule has 0 saturated carbocycles. The molecule has 2 aromatic rings. The van der Waals surface area contributed by atoms with Gasteiger partial charge in [-0.15, -0.1) is 12.6 Å². The van der Waals surface area contributed by atoms with Gasteiger partial charge in [-0.1, -0.05) is 0 Å². The zero-order chi connectivity index (χ0) is 7.84. The highest BCUT2D eigenvalue weighted by Gasteiger charge is 1.98. The molecule has 0 unspecified atom stereocenters. The standard InChI is InChI=1S/C7H7N3S/c1-5-2-3-6-8-4-7(11)10(6)9-5/h2-4,11H,1H3. The molecule has 56 valence electrons. The van der Waals surface area contributed by atoms with Gasteiger partial charge >= 0.3 is 0 Å². The molecule has 3 nitrogen and oxygen atoms in total. The number of aryl methyl sites for hydroxylation is 1. The molecular weight excluding hydrogens is 158 g/mol. The third-order valence-corrected chi connectivity index (χ3v) is 1.78. The van der Waals surface area contributed by atoms with Crippen molar-refractivity contribution in [3.8, 4) is 0 Å². The number of rotatable bonds is 0. The maximum Gasteiger partial charge on any atom is 0.154 e. The molecule has 0 aliphatic heterocycles. The van der Waals surface area contributed by atoms with Crippen molar-refractivity contribution >= 4 is 18.3 Å². The van der Waals surface area contributed by atoms with Gasteiger partial charge in [-0.3, -0.25) is 0 Å². The van der Waals surface area contributed by atoms with Gasteiger partial charge in [-0.2, -0.15) is 5.10 Å². The Morgan fingerprint density at radius 1 is 1.45 bits per heavy atom. The maximum atomic E-state index is 4.21. The molecule has 0 aliphatic rings. The fourth-order valence-corrected chi connectivity index (χ4v) is 1.16. The third-order valence-electron chi connectivity index (χ3n) is 1.48. The Hall–Kier alpha value is -1.03. The Labute approximate surface area is 69.5 Å². The van der Waals surface area contributed by atoms with Gasteiger partial charge in [-0.05, 0) is 19.1 Å². The minimum atomic E-state index is 0.767. The van der Waals surface area contributed by atoms with Gasteiger partial charge in [0.1, 0.15) is 5.03 Å². The Kier molecular flexibility index (Phi) is 1.35. The summed E-state index contributed by atoms with van der Waals surface area (Å²) < 4.78 is 1.71. The van der Waals surface area contributed by atoms with Crippen LogP contribution in [0, 0.1) is 6.92 Å². The van der Waals surface area contributed by atoms with Crippen molar-refractivity contribution in [2.24, 2.45) is 0 Å². The molecule has 0 fully saturated rings. The molecule has 0 bridgehead atoms. The summed E-state index contributed by atoms with van der Waals surface area (Å²) in [6.07, 6.45) is 1.69. The molecule has 2 rings (SSSR count). The first kappa shape index (κ1) is 6.67. The minimum absolute atomic E-state index is 0.767. The number of hydrogen-bond donors (Lipinski definition) is 1. The van der Waals surface area contributed by atoms with E-state index in [1.807, 2.05) is 19.1 Å². The molecule has 0 saturated heterocycles. The number of imidazole rings is 1. The van der Waals surface area contributed by atoms with Crippen LogP contribution < -0.4 is 0 Å². The zero-order valence-electron chi connectivity index (χ0n) is 6.02. The molecule has 0 aliphatic carbocycles. The SMILES string of the molecule is Cc1ccc2ncc(S)n2n1. The number of aromatic nitrogens is 3. The molecule has 0 spiro atoms. The van der Waals surface area contributed by atoms with Crippen LogP contribution in [0.4, 0.5) is 0 Å². The second-order valence-electron chi connectivity index (χ2n) is 2.36. The van der Waals surface area contributed by atoms with Gasteiger partial charge in [0.05, 0.1) is 11.9 Å². The lowest BCUT2D eigenvalue weighted by atomic mass is 10.4. The highest BCUT2D eigenvalue weighted by atomic mass is 32.1. The van der Waals surface area contributed by atoms with Crippen LogP contribution >= 0.6 is 12.6 Å². The predicted octanol–water partition coefficient (Wildman–Crippen LogP) is 1.33. The minimum Gasteiger partial charge on any atom is -0.234 e. The van der Waals surface area contributed by atoms with E-state index < -0.39 is 0 Å². The highest BCUT2D eigenvalue weighted by molar-refractivity contribution is 7.80. The van der Waals surface area contributed by atoms with Gasteiger partial charge in [0.2, 0.25) is 0 Å². The van der Waals surface area contributed by atoms with Crippen molar-refractivity contribution in [3.05, 3.63) is 24.0 Å². The molecule has 2 aromatic heterocycles. The Balaban J connectivity index is 2.87. The van der Waals surface area contributed by atoms with Crippen molar-refractivity contribution in [1.82, 2.24) is 14.6 Å². The molecule has 11 heavy (non-hydrogen) atoms. The number of hydrogen-bond acceptors (Lipinski definition) is 3. The summed E-state index contributed by atoms with van der Waals surface area (Å²) >= 11 is 4.19. The molecule has 0 radical (unpaired) electrons. The molecule has 0 amide bonds. The summed E-state index contributed by atoms with van der Waals surface area (Å²) in [5, 5.41) is 4.98. The second kappa shape index (κ2) is 2.23. The van der Waals surface area contributed by atoms with Crippen LogP contribution in [0.1, 0.15) is 5.69 Å². The average molecular weight is 165 g/mol. The van der Waals surface area contributed by atoms with E-state index in [2.05, 4.69) is 22.7 Å². The maximum absolute atomic E-state index is 4.21. The van der Waals surface area contributed by atoms with E-state index in [0.717, 1.165) is 16.4 Å². The van der Waals surface area contributed by atoms with E-state index in [9.17, 15) is 0 Å². The number of thiol groups is 1. The summed E-state index contributed by atoms with van der Waals surface area (Å²) in [6, 6.07) is 3.84. The van der Waals surface area contributed by atoms with Crippen molar-refractivity contribution in [2.45, 2.75) is 11.9 Å². The zero-order valence-corrected chi connectivity index (χ0v) is 6.92. The lowest BCUT2D eigenvalue weighted by Crippen LogP contribution is -1.93. The van der Waals surface area contributed by atoms with Crippen LogP contribution in [0.3, 0.4) is 0 Å². The first-order valence-corrected chi connectivity index (χ1v) is 3.72. The normalized spacial score (nSPS) is 10.7. The van der Waals surface area contributed by atoms with Crippen LogP contribution in [0.2, 0.25) is 0 Å². The molecule has 0 N–H and O–H groups in total. The summed E-state index contributed by atoms with van der Waals surface area (Å²) in [6.45, 7) is 1.94. The quantitative estimate of drug-likeness (QED) is 0.597. The summed E-state index contributed by atoms with van der Waals surface area (Å²) in [4.78, 5) is 4.08. The van der Waals surface area contributed by atoms with E-state index >= 15 is 0 Å². The van der Waals surface area contributed by atoms with Crippen LogP contribution in [0.25, 0.3) is 5.65 Å². The number of nitrogens with zero attached hydrogens (tertiary/aromatic N) is 3. The van der Waals surface area contributed by atoms with Crippen molar-refractivity contribution < 1.29 is 0 Å². The van der Waals surface area contributed by atoms with Gasteiger partial charge < -0.3 is 0 Å². The fourth-order valence-electron chi connectivity index (χ4n) is 0.953. The lowest BCUT2D eigenvalue weighted by Gasteiger charge is -1.94. The van der Waals surface area contributed by atoms with E-state index in [1.165, 1.54) is 0 Å². The average Bonchev–Trinajstić information content (AvgIpc) is 2.33. The highest BCUT2D eigenvalue weighted by Crippen LogP contribution is 2.07. The molecule has 0 aromatic carbocycles. The molecule has 4 heteroatoms. The van der Waals surface area contributed by atoms with Gasteiger partial charge in [0, 0.05) is 0 Å². The topological polar surface area (TPSA) is 30.2 Å². The van der Waals surface area contributed by atoms with Crippen molar-refractivity contribution in [3.63, 3.8) is 0 Å². The Morgan fingerprint density at radius 3 is 3.09 bits per heavy atom. The fraction of sp³-hybridized carbons (Fsp3) is 0.143. The summed E-state index contributed by atoms with van der Waals surface area (Å²) in [5.74, 6) is 0. The van der Waals surface area contributed by atoms with Gasteiger partial charge in [-0.25, -0.2) is 9.50 Å². The van der Waals surface area contributed by atoms with Crippen LogP contribution in [0.5, 0.6) is 0 Å². The van der Waals surface area contributed by atoms with Gasteiger partial charge in [0.15, 0.2) is 5.65 Å². The van der Waals surface area contributed by atoms with E-state index in [-0.39, 0.29) is 0 Å².